The molecule has 0 spiro atoms. The predicted octanol–water partition coefficient (Wildman–Crippen LogP) is 5.46. The van der Waals surface area contributed by atoms with Crippen LogP contribution in [0.2, 0.25) is 0 Å². The molecule has 0 radical (unpaired) electrons. The number of para-hydroxylation sites is 1. The molecule has 3 aromatic rings. The molecule has 1 aliphatic carbocycles. The third kappa shape index (κ3) is 7.91. The van der Waals surface area contributed by atoms with Gasteiger partial charge in [-0.05, 0) is 75.6 Å². The number of anilines is 1. The largest absolute Gasteiger partial charge is 0.494 e. The minimum absolute atomic E-state index is 0.0379. The van der Waals surface area contributed by atoms with Crippen LogP contribution >= 0.6 is 0 Å². The molecule has 3 aromatic carbocycles. The van der Waals surface area contributed by atoms with Crippen molar-refractivity contribution in [2.24, 2.45) is 0 Å². The number of nitrogens with one attached hydrogen (secondary N) is 1. The lowest BCUT2D eigenvalue weighted by molar-refractivity contribution is -0.139. The van der Waals surface area contributed by atoms with Crippen molar-refractivity contribution in [1.82, 2.24) is 10.2 Å². The second kappa shape index (κ2) is 14.4. The fraction of sp³-hybridized carbons (Fsp3) is 0.394. The summed E-state index contributed by atoms with van der Waals surface area (Å²) in [6.07, 6.45) is 5.15. The van der Waals surface area contributed by atoms with E-state index >= 15 is 0 Å². The summed E-state index contributed by atoms with van der Waals surface area (Å²) < 4.78 is 34.5. The summed E-state index contributed by atoms with van der Waals surface area (Å²) in [5.74, 6) is -0.148. The molecular weight excluding hydrogens is 550 g/mol. The first-order valence-electron chi connectivity index (χ1n) is 14.6. The average molecular weight is 592 g/mol. The summed E-state index contributed by atoms with van der Waals surface area (Å²) in [6, 6.07) is 21.8. The molecule has 4 rings (SSSR count). The van der Waals surface area contributed by atoms with Crippen molar-refractivity contribution in [2.75, 3.05) is 17.5 Å². The van der Waals surface area contributed by atoms with Gasteiger partial charge in [-0.2, -0.15) is 0 Å². The first kappa shape index (κ1) is 31.1. The Kier molecular flexibility index (Phi) is 10.6. The van der Waals surface area contributed by atoms with Gasteiger partial charge in [-0.15, -0.1) is 0 Å². The Morgan fingerprint density at radius 3 is 2.29 bits per heavy atom. The van der Waals surface area contributed by atoms with E-state index in [2.05, 4.69) is 5.32 Å². The zero-order chi connectivity index (χ0) is 30.1. The minimum atomic E-state index is -4.13. The highest BCUT2D eigenvalue weighted by molar-refractivity contribution is 7.92. The Morgan fingerprint density at radius 2 is 1.64 bits per heavy atom. The van der Waals surface area contributed by atoms with Crippen LogP contribution < -0.4 is 14.4 Å². The van der Waals surface area contributed by atoms with E-state index in [9.17, 15) is 18.0 Å². The maximum Gasteiger partial charge on any atom is 0.264 e. The fourth-order valence-electron chi connectivity index (χ4n) is 5.28. The molecule has 0 bridgehead atoms. The van der Waals surface area contributed by atoms with E-state index in [1.54, 1.807) is 49.4 Å². The second-order valence-electron chi connectivity index (χ2n) is 10.8. The van der Waals surface area contributed by atoms with Crippen LogP contribution in [0.5, 0.6) is 5.75 Å². The monoisotopic (exact) mass is 591 g/mol. The highest BCUT2D eigenvalue weighted by atomic mass is 32.2. The van der Waals surface area contributed by atoms with Crippen molar-refractivity contribution in [1.29, 1.82) is 0 Å². The number of nitrogens with zero attached hydrogens (tertiary/aromatic N) is 2. The number of aryl methyl sites for hydroxylation is 1. The van der Waals surface area contributed by atoms with Crippen molar-refractivity contribution < 1.29 is 22.7 Å². The van der Waals surface area contributed by atoms with Crippen molar-refractivity contribution in [3.63, 3.8) is 0 Å². The van der Waals surface area contributed by atoms with Crippen LogP contribution in [0.4, 0.5) is 5.69 Å². The van der Waals surface area contributed by atoms with Crippen molar-refractivity contribution in [2.45, 2.75) is 76.4 Å². The van der Waals surface area contributed by atoms with E-state index in [4.69, 9.17) is 4.74 Å². The molecule has 1 fully saturated rings. The fourth-order valence-corrected chi connectivity index (χ4v) is 6.70. The van der Waals surface area contributed by atoms with Gasteiger partial charge in [0.25, 0.3) is 10.0 Å². The van der Waals surface area contributed by atoms with Gasteiger partial charge in [0.2, 0.25) is 11.8 Å². The molecule has 9 heteroatoms. The molecule has 0 heterocycles. The lowest BCUT2D eigenvalue weighted by Crippen LogP contribution is -2.53. The van der Waals surface area contributed by atoms with Gasteiger partial charge in [0, 0.05) is 12.6 Å². The number of sulfonamides is 1. The average Bonchev–Trinajstić information content (AvgIpc) is 2.99. The third-order valence-corrected chi connectivity index (χ3v) is 9.39. The second-order valence-corrected chi connectivity index (χ2v) is 12.6. The molecule has 0 aliphatic heterocycles. The molecule has 1 atom stereocenters. The number of ether oxygens (including phenoxy) is 1. The maximum absolute atomic E-state index is 14.1. The van der Waals surface area contributed by atoms with Crippen LogP contribution in [-0.4, -0.2) is 50.4 Å². The topological polar surface area (TPSA) is 96.0 Å². The molecular formula is C33H41N3O5S. The van der Waals surface area contributed by atoms with Gasteiger partial charge in [-0.25, -0.2) is 8.42 Å². The number of rotatable bonds is 12. The van der Waals surface area contributed by atoms with Crippen LogP contribution in [0.1, 0.15) is 57.1 Å². The quantitative estimate of drug-likeness (QED) is 0.302. The van der Waals surface area contributed by atoms with Crippen LogP contribution in [0.15, 0.2) is 83.8 Å². The molecule has 1 saturated carbocycles. The first-order valence-corrected chi connectivity index (χ1v) is 16.1. The zero-order valence-corrected chi connectivity index (χ0v) is 25.5. The van der Waals surface area contributed by atoms with Crippen LogP contribution in [-0.2, 0) is 26.2 Å². The van der Waals surface area contributed by atoms with E-state index in [1.165, 1.54) is 17.0 Å². The van der Waals surface area contributed by atoms with Gasteiger partial charge in [0.1, 0.15) is 18.3 Å². The number of hydrogen-bond acceptors (Lipinski definition) is 5. The summed E-state index contributed by atoms with van der Waals surface area (Å²) in [6.45, 7) is 5.69. The van der Waals surface area contributed by atoms with Gasteiger partial charge in [0.15, 0.2) is 0 Å². The van der Waals surface area contributed by atoms with Gasteiger partial charge in [-0.1, -0.05) is 67.3 Å². The first-order chi connectivity index (χ1) is 20.2. The molecule has 0 saturated heterocycles. The maximum atomic E-state index is 14.1. The number of amides is 2. The Hall–Kier alpha value is -3.85. The van der Waals surface area contributed by atoms with E-state index in [0.717, 1.165) is 47.5 Å². The van der Waals surface area contributed by atoms with Crippen molar-refractivity contribution >= 4 is 27.5 Å². The molecule has 1 N–H and O–H groups in total. The summed E-state index contributed by atoms with van der Waals surface area (Å²) in [5, 5.41) is 3.13. The Bertz CT molecular complexity index is 1440. The van der Waals surface area contributed by atoms with Gasteiger partial charge < -0.3 is 15.0 Å². The van der Waals surface area contributed by atoms with Gasteiger partial charge in [0.05, 0.1) is 17.2 Å². The van der Waals surface area contributed by atoms with E-state index in [1.807, 2.05) is 38.1 Å². The van der Waals surface area contributed by atoms with Gasteiger partial charge in [-0.3, -0.25) is 13.9 Å². The third-order valence-electron chi connectivity index (χ3n) is 7.60. The normalized spacial score (nSPS) is 14.5. The lowest BCUT2D eigenvalue weighted by atomic mass is 9.95. The van der Waals surface area contributed by atoms with Gasteiger partial charge >= 0.3 is 0 Å². The van der Waals surface area contributed by atoms with Crippen molar-refractivity contribution in [3.05, 3.63) is 90.0 Å². The Balaban J connectivity index is 1.65. The highest BCUT2D eigenvalue weighted by Gasteiger charge is 2.33. The summed E-state index contributed by atoms with van der Waals surface area (Å²) in [4.78, 5) is 29.0. The number of benzene rings is 3. The summed E-state index contributed by atoms with van der Waals surface area (Å²) in [5.41, 5.74) is 2.25. The molecule has 2 amide bonds. The Labute approximate surface area is 249 Å². The SMILES string of the molecule is CCOc1ccc(S(=O)(=O)N(CC(=O)N(Cc2cccc(C)c2)[C@H](C)C(=O)NC2CCCCC2)c2ccccc2)cc1. The van der Waals surface area contributed by atoms with E-state index < -0.39 is 28.5 Å². The molecule has 8 nitrogen and oxygen atoms in total. The molecule has 0 unspecified atom stereocenters. The summed E-state index contributed by atoms with van der Waals surface area (Å²) >= 11 is 0. The summed E-state index contributed by atoms with van der Waals surface area (Å²) in [7, 11) is -4.13. The minimum Gasteiger partial charge on any atom is -0.494 e. The van der Waals surface area contributed by atoms with E-state index in [-0.39, 0.29) is 23.4 Å². The molecule has 42 heavy (non-hydrogen) atoms. The van der Waals surface area contributed by atoms with Crippen LogP contribution in [0.3, 0.4) is 0 Å². The zero-order valence-electron chi connectivity index (χ0n) is 24.7. The molecule has 224 valence electrons. The standard InChI is InChI=1S/C33H41N3O5S/c1-4-41-30-18-20-31(21-19-30)42(39,40)36(29-16-9-6-10-17-29)24-32(37)35(23-27-13-11-12-25(2)22-27)26(3)33(38)34-28-14-7-5-8-15-28/h6,9-13,16-22,26,28H,4-5,7-8,14-15,23-24H2,1-3H3,(H,34,38)/t26-/m1/s1. The van der Waals surface area contributed by atoms with Crippen molar-refractivity contribution in [3.8, 4) is 5.75 Å². The smallest absolute Gasteiger partial charge is 0.264 e. The van der Waals surface area contributed by atoms with Crippen LogP contribution in [0, 0.1) is 6.92 Å². The lowest BCUT2D eigenvalue weighted by Gasteiger charge is -2.33. The molecule has 1 aliphatic rings. The van der Waals surface area contributed by atoms with E-state index in [0.29, 0.717) is 18.0 Å². The Morgan fingerprint density at radius 1 is 0.952 bits per heavy atom. The predicted molar refractivity (Wildman–Crippen MR) is 165 cm³/mol. The highest BCUT2D eigenvalue weighted by Crippen LogP contribution is 2.26. The molecule has 0 aromatic heterocycles. The number of carbonyl (C=O) groups excluding carboxylic acids is 2. The number of carbonyl (C=O) groups is 2. The number of hydrogen-bond donors (Lipinski definition) is 1. The van der Waals surface area contributed by atoms with Crippen LogP contribution in [0.25, 0.3) is 0 Å².